The third-order valence-corrected chi connectivity index (χ3v) is 6.51. The Hall–Kier alpha value is -5.18. The van der Waals surface area contributed by atoms with Crippen molar-refractivity contribution in [3.63, 3.8) is 0 Å². The number of ether oxygens (including phenoxy) is 1. The van der Waals surface area contributed by atoms with E-state index in [-0.39, 0.29) is 11.3 Å². The molecule has 4 aromatic carbocycles. The number of halogens is 3. The molecule has 6 nitrogen and oxygen atoms in total. The molecule has 0 unspecified atom stereocenters. The molecule has 5 aromatic rings. The molecule has 0 fully saturated rings. The zero-order valence-corrected chi connectivity index (χ0v) is 21.8. The van der Waals surface area contributed by atoms with Crippen molar-refractivity contribution in [1.82, 2.24) is 10.4 Å². The maximum absolute atomic E-state index is 13.3. The number of nitrogens with zero attached hydrogens (tertiary/aromatic N) is 1. The van der Waals surface area contributed by atoms with E-state index in [1.54, 1.807) is 18.2 Å². The number of aromatic amines is 1. The molecule has 9 heteroatoms. The Morgan fingerprint density at radius 3 is 2.41 bits per heavy atom. The van der Waals surface area contributed by atoms with Crippen molar-refractivity contribution in [2.24, 2.45) is 5.10 Å². The Labute approximate surface area is 233 Å². The lowest BCUT2D eigenvalue weighted by Crippen LogP contribution is -2.19. The van der Waals surface area contributed by atoms with Crippen LogP contribution in [0, 0.1) is 0 Å². The number of benzene rings is 4. The van der Waals surface area contributed by atoms with Crippen molar-refractivity contribution >= 4 is 29.0 Å². The van der Waals surface area contributed by atoms with Crippen LogP contribution in [0.5, 0.6) is 5.75 Å². The Kier molecular flexibility index (Phi) is 7.69. The number of carbonyl (C=O) groups is 2. The molecule has 0 saturated heterocycles. The van der Waals surface area contributed by atoms with Crippen LogP contribution in [0.15, 0.2) is 102 Å². The molecule has 0 radical (unpaired) electrons. The first-order valence-electron chi connectivity index (χ1n) is 12.8. The number of fused-ring (bicyclic) bond motifs is 1. The normalized spacial score (nSPS) is 11.6. The molecule has 1 amide bonds. The van der Waals surface area contributed by atoms with Gasteiger partial charge in [0.25, 0.3) is 5.91 Å². The molecular weight excluding hydrogens is 531 g/mol. The molecule has 0 aliphatic carbocycles. The number of nitrogens with one attached hydrogen (secondary N) is 2. The van der Waals surface area contributed by atoms with Crippen molar-refractivity contribution < 1.29 is 27.5 Å². The van der Waals surface area contributed by atoms with Gasteiger partial charge in [0.1, 0.15) is 11.4 Å². The monoisotopic (exact) mass is 555 g/mol. The minimum atomic E-state index is -4.59. The minimum Gasteiger partial charge on any atom is -0.422 e. The lowest BCUT2D eigenvalue weighted by atomic mass is 10.00. The maximum Gasteiger partial charge on any atom is 0.416 e. The van der Waals surface area contributed by atoms with E-state index in [4.69, 9.17) is 4.74 Å². The van der Waals surface area contributed by atoms with E-state index in [9.17, 15) is 22.8 Å². The van der Waals surface area contributed by atoms with Gasteiger partial charge in [-0.3, -0.25) is 4.79 Å². The Morgan fingerprint density at radius 2 is 1.66 bits per heavy atom. The van der Waals surface area contributed by atoms with Crippen LogP contribution in [0.3, 0.4) is 0 Å². The van der Waals surface area contributed by atoms with Crippen molar-refractivity contribution in [2.45, 2.75) is 19.5 Å². The average molecular weight is 556 g/mol. The third kappa shape index (κ3) is 5.89. The lowest BCUT2D eigenvalue weighted by molar-refractivity contribution is -0.137. The predicted octanol–water partition coefficient (Wildman–Crippen LogP) is 7.40. The van der Waals surface area contributed by atoms with Gasteiger partial charge in [-0.15, -0.1) is 0 Å². The van der Waals surface area contributed by atoms with Gasteiger partial charge in [0.15, 0.2) is 0 Å². The number of rotatable bonds is 7. The topological polar surface area (TPSA) is 83.5 Å². The fourth-order valence-corrected chi connectivity index (χ4v) is 4.53. The molecule has 2 N–H and O–H groups in total. The molecule has 0 atom stereocenters. The number of carbonyl (C=O) groups excluding carboxylic acids is 2. The molecule has 0 aliphatic rings. The van der Waals surface area contributed by atoms with E-state index in [2.05, 4.69) is 15.5 Å². The predicted molar refractivity (Wildman–Crippen MR) is 151 cm³/mol. The van der Waals surface area contributed by atoms with E-state index in [1.165, 1.54) is 18.3 Å². The summed E-state index contributed by atoms with van der Waals surface area (Å²) in [7, 11) is 0. The second-order valence-corrected chi connectivity index (χ2v) is 9.14. The third-order valence-electron chi connectivity index (χ3n) is 6.51. The number of hydrogen-bond donors (Lipinski definition) is 2. The number of hydrazone groups is 1. The van der Waals surface area contributed by atoms with Gasteiger partial charge in [-0.25, -0.2) is 10.2 Å². The highest BCUT2D eigenvalue weighted by molar-refractivity contribution is 6.10. The Balaban J connectivity index is 1.39. The summed E-state index contributed by atoms with van der Waals surface area (Å²) in [5.41, 5.74) is 5.55. The van der Waals surface area contributed by atoms with E-state index < -0.39 is 23.6 Å². The maximum atomic E-state index is 13.3. The molecule has 0 bridgehead atoms. The van der Waals surface area contributed by atoms with E-state index in [1.807, 2.05) is 55.5 Å². The van der Waals surface area contributed by atoms with Gasteiger partial charge < -0.3 is 9.72 Å². The average Bonchev–Trinajstić information content (AvgIpc) is 3.38. The number of esters is 1. The van der Waals surface area contributed by atoms with Crippen LogP contribution in [0.1, 0.15) is 44.5 Å². The zero-order valence-electron chi connectivity index (χ0n) is 21.8. The molecule has 0 aliphatic heterocycles. The van der Waals surface area contributed by atoms with Crippen LogP contribution in [0.2, 0.25) is 0 Å². The van der Waals surface area contributed by atoms with Gasteiger partial charge in [0, 0.05) is 22.0 Å². The molecular formula is C32H24F3N3O3. The van der Waals surface area contributed by atoms with Gasteiger partial charge in [-0.05, 0) is 47.9 Å². The Bertz CT molecular complexity index is 1760. The van der Waals surface area contributed by atoms with Crippen LogP contribution in [0.25, 0.3) is 22.0 Å². The summed E-state index contributed by atoms with van der Waals surface area (Å²) in [5, 5.41) is 4.98. The second-order valence-electron chi connectivity index (χ2n) is 9.14. The Morgan fingerprint density at radius 1 is 0.927 bits per heavy atom. The standard InChI is InChI=1S/C32H24F3N3O3/c1-2-20-13-9-16-25-27(21-10-4-3-5-11-21)29(37-28(20)25)30(39)38-36-19-23-12-6-7-17-26(23)41-31(40)22-14-8-15-24(18-22)32(33,34)35/h3-19,37H,2H2,1H3,(H,38,39). The summed E-state index contributed by atoms with van der Waals surface area (Å²) in [6.45, 7) is 2.04. The van der Waals surface area contributed by atoms with Crippen molar-refractivity contribution in [1.29, 1.82) is 0 Å². The fourth-order valence-electron chi connectivity index (χ4n) is 4.53. The van der Waals surface area contributed by atoms with Crippen LogP contribution >= 0.6 is 0 Å². The van der Waals surface area contributed by atoms with Crippen LogP contribution < -0.4 is 10.2 Å². The first kappa shape index (κ1) is 27.4. The van der Waals surface area contributed by atoms with Crippen molar-refractivity contribution in [3.8, 4) is 16.9 Å². The summed E-state index contributed by atoms with van der Waals surface area (Å²) in [6, 6.07) is 25.8. The number of amides is 1. The van der Waals surface area contributed by atoms with Crippen molar-refractivity contribution in [3.05, 3.63) is 125 Å². The summed E-state index contributed by atoms with van der Waals surface area (Å²) in [5.74, 6) is -1.37. The quantitative estimate of drug-likeness (QED) is 0.0950. The smallest absolute Gasteiger partial charge is 0.416 e. The van der Waals surface area contributed by atoms with E-state index >= 15 is 0 Å². The van der Waals surface area contributed by atoms with Crippen LogP contribution in [-0.4, -0.2) is 23.1 Å². The highest BCUT2D eigenvalue weighted by Crippen LogP contribution is 2.34. The van der Waals surface area contributed by atoms with Gasteiger partial charge in [-0.2, -0.15) is 18.3 Å². The summed E-state index contributed by atoms with van der Waals surface area (Å²) >= 11 is 0. The number of hydrogen-bond acceptors (Lipinski definition) is 4. The SMILES string of the molecule is CCc1cccc2c(-c3ccccc3)c(C(=O)NN=Cc3ccccc3OC(=O)c3cccc(C(F)(F)F)c3)[nH]c12. The lowest BCUT2D eigenvalue weighted by Gasteiger charge is -2.10. The van der Waals surface area contributed by atoms with Gasteiger partial charge in [-0.1, -0.05) is 73.7 Å². The number of para-hydroxylation sites is 2. The number of alkyl halides is 3. The summed E-state index contributed by atoms with van der Waals surface area (Å²) in [6.07, 6.45) is -2.52. The highest BCUT2D eigenvalue weighted by Gasteiger charge is 2.31. The number of H-pyrrole nitrogens is 1. The molecule has 41 heavy (non-hydrogen) atoms. The summed E-state index contributed by atoms with van der Waals surface area (Å²) < 4.78 is 44.6. The largest absolute Gasteiger partial charge is 0.422 e. The van der Waals surface area contributed by atoms with E-state index in [0.717, 1.165) is 52.2 Å². The van der Waals surface area contributed by atoms with Crippen LogP contribution in [0.4, 0.5) is 13.2 Å². The second kappa shape index (κ2) is 11.5. The molecule has 1 heterocycles. The van der Waals surface area contributed by atoms with E-state index in [0.29, 0.717) is 11.3 Å². The van der Waals surface area contributed by atoms with Gasteiger partial charge >= 0.3 is 12.1 Å². The number of aryl methyl sites for hydroxylation is 1. The van der Waals surface area contributed by atoms with Crippen molar-refractivity contribution in [2.75, 3.05) is 0 Å². The highest BCUT2D eigenvalue weighted by atomic mass is 19.4. The van der Waals surface area contributed by atoms with Gasteiger partial charge in [0.05, 0.1) is 17.3 Å². The fraction of sp³-hybridized carbons (Fsp3) is 0.0938. The first-order chi connectivity index (χ1) is 19.8. The summed E-state index contributed by atoms with van der Waals surface area (Å²) in [4.78, 5) is 29.2. The minimum absolute atomic E-state index is 0.0658. The van der Waals surface area contributed by atoms with Gasteiger partial charge in [0.2, 0.25) is 0 Å². The molecule has 0 spiro atoms. The number of aromatic nitrogens is 1. The molecule has 206 valence electrons. The molecule has 1 aromatic heterocycles. The zero-order chi connectivity index (χ0) is 29.0. The molecule has 0 saturated carbocycles. The molecule has 5 rings (SSSR count). The first-order valence-corrected chi connectivity index (χ1v) is 12.8. The van der Waals surface area contributed by atoms with Crippen LogP contribution in [-0.2, 0) is 12.6 Å².